The lowest BCUT2D eigenvalue weighted by molar-refractivity contribution is -0.00342. The van der Waals surface area contributed by atoms with E-state index in [4.69, 9.17) is 0 Å². The van der Waals surface area contributed by atoms with Crippen LogP contribution < -0.4 is 10.3 Å². The van der Waals surface area contributed by atoms with Crippen molar-refractivity contribution in [1.29, 1.82) is 0 Å². The lowest BCUT2D eigenvalue weighted by atomic mass is 9.81. The fraction of sp³-hybridized carbons (Fsp3) is 0.500. The molecule has 1 fully saturated rings. The average Bonchev–Trinajstić information content (AvgIpc) is 2.72. The molecule has 0 saturated heterocycles. The zero-order valence-electron chi connectivity index (χ0n) is 16.8. The van der Waals surface area contributed by atoms with Crippen LogP contribution in [0.5, 0.6) is 0 Å². The SMILES string of the molecule is CC1C=CC=CC1S(=O)(=O)NNC(=O)c1ccc(CCC2(O)CCCCC2)cc1. The summed E-state index contributed by atoms with van der Waals surface area (Å²) in [6.07, 6.45) is 13.5. The topological polar surface area (TPSA) is 95.5 Å². The number of hydrogen-bond acceptors (Lipinski definition) is 4. The third-order valence-electron chi connectivity index (χ3n) is 5.89. The predicted octanol–water partition coefficient (Wildman–Crippen LogP) is 3.01. The van der Waals surface area contributed by atoms with Crippen LogP contribution in [0, 0.1) is 5.92 Å². The Morgan fingerprint density at radius 2 is 1.76 bits per heavy atom. The van der Waals surface area contributed by atoms with Gasteiger partial charge in [0.05, 0.1) is 5.60 Å². The number of allylic oxidation sites excluding steroid dienone is 3. The van der Waals surface area contributed by atoms with Gasteiger partial charge in [0.2, 0.25) is 10.0 Å². The fourth-order valence-electron chi connectivity index (χ4n) is 4.00. The Morgan fingerprint density at radius 3 is 2.41 bits per heavy atom. The Balaban J connectivity index is 1.52. The van der Waals surface area contributed by atoms with Crippen molar-refractivity contribution in [3.8, 4) is 0 Å². The second-order valence-electron chi connectivity index (χ2n) is 8.18. The van der Waals surface area contributed by atoms with Crippen LogP contribution in [0.15, 0.2) is 48.6 Å². The lowest BCUT2D eigenvalue weighted by Crippen LogP contribution is -2.47. The molecule has 0 heterocycles. The summed E-state index contributed by atoms with van der Waals surface area (Å²) in [4.78, 5) is 14.5. The molecule has 1 saturated carbocycles. The molecular weight excluding hydrogens is 388 g/mol. The molecule has 2 aliphatic rings. The summed E-state index contributed by atoms with van der Waals surface area (Å²) in [6, 6.07) is 7.06. The largest absolute Gasteiger partial charge is 0.390 e. The molecule has 0 bridgehead atoms. The van der Waals surface area contributed by atoms with Gasteiger partial charge < -0.3 is 5.11 Å². The number of carbonyl (C=O) groups is 1. The van der Waals surface area contributed by atoms with Gasteiger partial charge in [-0.3, -0.25) is 10.2 Å². The number of aryl methyl sites for hydroxylation is 1. The molecule has 6 nitrogen and oxygen atoms in total. The highest BCUT2D eigenvalue weighted by Gasteiger charge is 2.29. The second kappa shape index (κ2) is 9.24. The van der Waals surface area contributed by atoms with Gasteiger partial charge in [0, 0.05) is 5.56 Å². The minimum Gasteiger partial charge on any atom is -0.390 e. The van der Waals surface area contributed by atoms with Crippen LogP contribution in [-0.2, 0) is 16.4 Å². The highest BCUT2D eigenvalue weighted by atomic mass is 32.2. The molecule has 158 valence electrons. The minimum absolute atomic E-state index is 0.173. The molecule has 0 aliphatic heterocycles. The molecule has 7 heteroatoms. The number of carbonyl (C=O) groups excluding carboxylic acids is 1. The number of hydrogen-bond donors (Lipinski definition) is 3. The maximum atomic E-state index is 12.4. The van der Waals surface area contributed by atoms with Crippen molar-refractivity contribution < 1.29 is 18.3 Å². The Labute approximate surface area is 173 Å². The second-order valence-corrected chi connectivity index (χ2v) is 10.0. The molecule has 1 amide bonds. The van der Waals surface area contributed by atoms with Gasteiger partial charge in [0.1, 0.15) is 5.25 Å². The van der Waals surface area contributed by atoms with Crippen molar-refractivity contribution in [2.24, 2.45) is 5.92 Å². The molecule has 0 spiro atoms. The third kappa shape index (κ3) is 5.78. The number of hydrazine groups is 1. The van der Waals surface area contributed by atoms with Crippen LogP contribution >= 0.6 is 0 Å². The molecule has 29 heavy (non-hydrogen) atoms. The molecular formula is C22H30N2O4S. The van der Waals surface area contributed by atoms with E-state index in [-0.39, 0.29) is 5.92 Å². The standard InChI is InChI=1S/C22H30N2O4S/c1-17-7-3-4-8-20(17)29(27,28)24-23-21(25)19-11-9-18(10-12-19)13-16-22(26)14-5-2-6-15-22/h3-4,7-12,17,20,24,26H,2,5-6,13-16H2,1H3,(H,23,25). The molecule has 3 N–H and O–H groups in total. The molecule has 2 atom stereocenters. The van der Waals surface area contributed by atoms with Crippen molar-refractivity contribution >= 4 is 15.9 Å². The van der Waals surface area contributed by atoms with Gasteiger partial charge in [-0.15, -0.1) is 4.83 Å². The monoisotopic (exact) mass is 418 g/mol. The number of nitrogens with one attached hydrogen (secondary N) is 2. The summed E-state index contributed by atoms with van der Waals surface area (Å²) < 4.78 is 24.8. The van der Waals surface area contributed by atoms with Crippen molar-refractivity contribution in [1.82, 2.24) is 10.3 Å². The van der Waals surface area contributed by atoms with E-state index in [1.165, 1.54) is 6.42 Å². The summed E-state index contributed by atoms with van der Waals surface area (Å²) >= 11 is 0. The molecule has 3 rings (SSSR count). The summed E-state index contributed by atoms with van der Waals surface area (Å²) in [5.74, 6) is -0.679. The van der Waals surface area contributed by atoms with Crippen molar-refractivity contribution in [2.75, 3.05) is 0 Å². The van der Waals surface area contributed by atoms with Gasteiger partial charge in [0.25, 0.3) is 5.91 Å². The highest BCUT2D eigenvalue weighted by molar-refractivity contribution is 7.90. The molecule has 0 aromatic heterocycles. The van der Waals surface area contributed by atoms with E-state index in [1.54, 1.807) is 24.3 Å². The minimum atomic E-state index is -3.72. The molecule has 2 unspecified atom stereocenters. The quantitative estimate of drug-likeness (QED) is 0.593. The first kappa shape index (κ1) is 21.7. The van der Waals surface area contributed by atoms with E-state index >= 15 is 0 Å². The first-order chi connectivity index (χ1) is 13.8. The molecule has 1 aromatic rings. The van der Waals surface area contributed by atoms with Gasteiger partial charge in [-0.1, -0.05) is 62.6 Å². The normalized spacial score (nSPS) is 23.7. The van der Waals surface area contributed by atoms with Crippen LogP contribution in [-0.4, -0.2) is 30.3 Å². The van der Waals surface area contributed by atoms with Crippen molar-refractivity contribution in [2.45, 2.75) is 62.7 Å². The summed E-state index contributed by atoms with van der Waals surface area (Å²) in [7, 11) is -3.72. The highest BCUT2D eigenvalue weighted by Crippen LogP contribution is 2.31. The van der Waals surface area contributed by atoms with E-state index in [1.807, 2.05) is 31.2 Å². The number of aliphatic hydroxyl groups is 1. The number of benzene rings is 1. The van der Waals surface area contributed by atoms with Gasteiger partial charge in [-0.2, -0.15) is 0 Å². The Bertz CT molecular complexity index is 869. The lowest BCUT2D eigenvalue weighted by Gasteiger charge is -2.32. The van der Waals surface area contributed by atoms with Gasteiger partial charge in [-0.25, -0.2) is 8.42 Å². The van der Waals surface area contributed by atoms with E-state index in [0.717, 1.165) is 44.1 Å². The van der Waals surface area contributed by atoms with Crippen LogP contribution in [0.25, 0.3) is 0 Å². The smallest absolute Gasteiger partial charge is 0.266 e. The first-order valence-electron chi connectivity index (χ1n) is 10.3. The third-order valence-corrected chi connectivity index (χ3v) is 7.58. The van der Waals surface area contributed by atoms with Crippen LogP contribution in [0.2, 0.25) is 0 Å². The maximum absolute atomic E-state index is 12.4. The van der Waals surface area contributed by atoms with E-state index < -0.39 is 26.8 Å². The van der Waals surface area contributed by atoms with E-state index in [2.05, 4.69) is 10.3 Å². The van der Waals surface area contributed by atoms with Crippen molar-refractivity contribution in [3.63, 3.8) is 0 Å². The molecule has 2 aliphatic carbocycles. The van der Waals surface area contributed by atoms with Gasteiger partial charge in [-0.05, 0) is 49.3 Å². The van der Waals surface area contributed by atoms with Crippen LogP contribution in [0.4, 0.5) is 0 Å². The van der Waals surface area contributed by atoms with Crippen LogP contribution in [0.1, 0.15) is 61.4 Å². The summed E-state index contributed by atoms with van der Waals surface area (Å²) in [6.45, 7) is 1.81. The molecule has 1 aromatic carbocycles. The molecule has 0 radical (unpaired) electrons. The van der Waals surface area contributed by atoms with Crippen molar-refractivity contribution in [3.05, 3.63) is 59.7 Å². The predicted molar refractivity (Wildman–Crippen MR) is 114 cm³/mol. The van der Waals surface area contributed by atoms with E-state index in [0.29, 0.717) is 5.56 Å². The van der Waals surface area contributed by atoms with Gasteiger partial charge >= 0.3 is 0 Å². The summed E-state index contributed by atoms with van der Waals surface area (Å²) in [5.41, 5.74) is 3.15. The number of rotatable bonds is 7. The Hall–Kier alpha value is -1.96. The zero-order chi connectivity index (χ0) is 20.9. The number of amides is 1. The van der Waals surface area contributed by atoms with Gasteiger partial charge in [0.15, 0.2) is 0 Å². The average molecular weight is 419 g/mol. The Kier molecular flexibility index (Phi) is 6.93. The van der Waals surface area contributed by atoms with E-state index in [9.17, 15) is 18.3 Å². The maximum Gasteiger partial charge on any atom is 0.266 e. The fourth-order valence-corrected chi connectivity index (χ4v) is 5.33. The number of sulfonamides is 1. The van der Waals surface area contributed by atoms with Crippen LogP contribution in [0.3, 0.4) is 0 Å². The summed E-state index contributed by atoms with van der Waals surface area (Å²) in [5, 5.41) is 9.89. The first-order valence-corrected chi connectivity index (χ1v) is 11.8. The zero-order valence-corrected chi connectivity index (χ0v) is 17.6. The Morgan fingerprint density at radius 1 is 1.10 bits per heavy atom.